The Morgan fingerprint density at radius 2 is 1.95 bits per heavy atom. The van der Waals surface area contributed by atoms with Gasteiger partial charge in [-0.1, -0.05) is 25.5 Å². The predicted molar refractivity (Wildman–Crippen MR) is 78.2 cm³/mol. The molecule has 1 fully saturated rings. The minimum atomic E-state index is -3.41. The molecule has 5 heteroatoms. The van der Waals surface area contributed by atoms with E-state index in [1.54, 1.807) is 16.4 Å². The van der Waals surface area contributed by atoms with Gasteiger partial charge in [0.2, 0.25) is 10.0 Å². The highest BCUT2D eigenvalue weighted by atomic mass is 32.2. The van der Waals surface area contributed by atoms with Crippen molar-refractivity contribution in [3.63, 3.8) is 0 Å². The van der Waals surface area contributed by atoms with Gasteiger partial charge in [-0.25, -0.2) is 8.42 Å². The summed E-state index contributed by atoms with van der Waals surface area (Å²) < 4.78 is 26.6. The highest BCUT2D eigenvalue weighted by Crippen LogP contribution is 2.26. The van der Waals surface area contributed by atoms with Gasteiger partial charge in [0.25, 0.3) is 0 Å². The Balaban J connectivity index is 2.16. The highest BCUT2D eigenvalue weighted by Gasteiger charge is 2.31. The van der Waals surface area contributed by atoms with E-state index in [1.807, 2.05) is 0 Å². The molecule has 2 rings (SSSR count). The highest BCUT2D eigenvalue weighted by molar-refractivity contribution is 7.89. The SMILES string of the molecule is CCCC1CCN(S(=O)(=O)c2ccc(C(C)=O)cc2)C1. The predicted octanol–water partition coefficient (Wildman–Crippen LogP) is 2.70. The molecule has 1 aromatic rings. The lowest BCUT2D eigenvalue weighted by Gasteiger charge is -2.16. The second-order valence-corrected chi connectivity index (χ2v) is 7.32. The number of benzene rings is 1. The molecule has 0 spiro atoms. The summed E-state index contributed by atoms with van der Waals surface area (Å²) in [5.74, 6) is 0.421. The van der Waals surface area contributed by atoms with Gasteiger partial charge in [0.05, 0.1) is 4.90 Å². The third-order valence-corrected chi connectivity index (χ3v) is 5.72. The molecule has 0 radical (unpaired) electrons. The van der Waals surface area contributed by atoms with Gasteiger partial charge in [-0.15, -0.1) is 0 Å². The molecular weight excluding hydrogens is 274 g/mol. The summed E-state index contributed by atoms with van der Waals surface area (Å²) in [6, 6.07) is 6.21. The average Bonchev–Trinajstić information content (AvgIpc) is 2.88. The number of ketones is 1. The first kappa shape index (κ1) is 15.2. The van der Waals surface area contributed by atoms with Crippen LogP contribution in [0.25, 0.3) is 0 Å². The Morgan fingerprint density at radius 1 is 1.30 bits per heavy atom. The number of hydrogen-bond donors (Lipinski definition) is 0. The van der Waals surface area contributed by atoms with Crippen LogP contribution in [-0.2, 0) is 10.0 Å². The Bertz CT molecular complexity index is 578. The molecule has 1 unspecified atom stereocenters. The Kier molecular flexibility index (Phi) is 4.60. The molecule has 4 nitrogen and oxygen atoms in total. The van der Waals surface area contributed by atoms with Crippen molar-refractivity contribution < 1.29 is 13.2 Å². The first-order chi connectivity index (χ1) is 9.45. The van der Waals surface area contributed by atoms with E-state index in [2.05, 4.69) is 6.92 Å². The first-order valence-corrected chi connectivity index (χ1v) is 8.50. The van der Waals surface area contributed by atoms with Gasteiger partial charge in [-0.05, 0) is 37.8 Å². The van der Waals surface area contributed by atoms with Gasteiger partial charge < -0.3 is 0 Å². The zero-order valence-corrected chi connectivity index (χ0v) is 12.8. The van der Waals surface area contributed by atoms with Crippen molar-refractivity contribution in [2.75, 3.05) is 13.1 Å². The second-order valence-electron chi connectivity index (χ2n) is 5.39. The molecule has 1 aromatic carbocycles. The standard InChI is InChI=1S/C15H21NO3S/c1-3-4-13-9-10-16(11-13)20(18,19)15-7-5-14(6-8-15)12(2)17/h5-8,13H,3-4,9-11H2,1-2H3. The number of nitrogens with zero attached hydrogens (tertiary/aromatic N) is 1. The average molecular weight is 295 g/mol. The Hall–Kier alpha value is -1.20. The lowest BCUT2D eigenvalue weighted by Crippen LogP contribution is -2.28. The van der Waals surface area contributed by atoms with E-state index in [9.17, 15) is 13.2 Å². The lowest BCUT2D eigenvalue weighted by atomic mass is 10.0. The molecule has 0 bridgehead atoms. The summed E-state index contributed by atoms with van der Waals surface area (Å²) in [4.78, 5) is 11.5. The molecule has 1 saturated heterocycles. The van der Waals surface area contributed by atoms with E-state index in [1.165, 1.54) is 19.1 Å². The van der Waals surface area contributed by atoms with Crippen LogP contribution in [0.1, 0.15) is 43.5 Å². The molecule has 1 heterocycles. The summed E-state index contributed by atoms with van der Waals surface area (Å²) in [7, 11) is -3.41. The van der Waals surface area contributed by atoms with Crippen molar-refractivity contribution in [1.29, 1.82) is 0 Å². The van der Waals surface area contributed by atoms with E-state index in [-0.39, 0.29) is 10.7 Å². The lowest BCUT2D eigenvalue weighted by molar-refractivity contribution is 0.101. The summed E-state index contributed by atoms with van der Waals surface area (Å²) in [6.45, 7) is 4.81. The number of Topliss-reactive ketones (excluding diaryl/α,β-unsaturated/α-hetero) is 1. The maximum Gasteiger partial charge on any atom is 0.243 e. The van der Waals surface area contributed by atoms with Gasteiger partial charge in [0.15, 0.2) is 5.78 Å². The number of hydrogen-bond acceptors (Lipinski definition) is 3. The van der Waals surface area contributed by atoms with Gasteiger partial charge in [0, 0.05) is 18.7 Å². The topological polar surface area (TPSA) is 54.5 Å². The smallest absolute Gasteiger partial charge is 0.243 e. The number of carbonyl (C=O) groups is 1. The largest absolute Gasteiger partial charge is 0.295 e. The molecule has 1 atom stereocenters. The maximum atomic E-state index is 12.5. The van der Waals surface area contributed by atoms with E-state index in [0.717, 1.165) is 19.3 Å². The zero-order valence-electron chi connectivity index (χ0n) is 12.0. The molecule has 0 saturated carbocycles. The molecule has 110 valence electrons. The molecule has 0 aromatic heterocycles. The molecule has 1 aliphatic heterocycles. The Labute approximate surface area is 120 Å². The van der Waals surface area contributed by atoms with Gasteiger partial charge in [0.1, 0.15) is 0 Å². The maximum absolute atomic E-state index is 12.5. The van der Waals surface area contributed by atoms with Crippen LogP contribution in [0.3, 0.4) is 0 Å². The molecule has 0 N–H and O–H groups in total. The second kappa shape index (κ2) is 6.06. The monoisotopic (exact) mass is 295 g/mol. The van der Waals surface area contributed by atoms with Crippen LogP contribution >= 0.6 is 0 Å². The summed E-state index contributed by atoms with van der Waals surface area (Å²) in [6.07, 6.45) is 3.11. The quantitative estimate of drug-likeness (QED) is 0.785. The van der Waals surface area contributed by atoms with Crippen molar-refractivity contribution >= 4 is 15.8 Å². The number of rotatable bonds is 5. The van der Waals surface area contributed by atoms with Crippen LogP contribution in [-0.4, -0.2) is 31.6 Å². The van der Waals surface area contributed by atoms with Crippen molar-refractivity contribution in [2.45, 2.75) is 38.0 Å². The van der Waals surface area contributed by atoms with E-state index in [4.69, 9.17) is 0 Å². The summed E-state index contributed by atoms with van der Waals surface area (Å²) in [5, 5.41) is 0. The fourth-order valence-corrected chi connectivity index (χ4v) is 4.20. The van der Waals surface area contributed by atoms with Crippen LogP contribution in [0, 0.1) is 5.92 Å². The normalized spacial score (nSPS) is 20.2. The van der Waals surface area contributed by atoms with Crippen LogP contribution < -0.4 is 0 Å². The summed E-state index contributed by atoms with van der Waals surface area (Å²) >= 11 is 0. The van der Waals surface area contributed by atoms with E-state index in [0.29, 0.717) is 24.6 Å². The van der Waals surface area contributed by atoms with Gasteiger partial charge in [-0.3, -0.25) is 4.79 Å². The minimum absolute atomic E-state index is 0.0573. The van der Waals surface area contributed by atoms with Crippen molar-refractivity contribution in [3.05, 3.63) is 29.8 Å². The van der Waals surface area contributed by atoms with Gasteiger partial charge >= 0.3 is 0 Å². The fourth-order valence-electron chi connectivity index (χ4n) is 2.67. The fraction of sp³-hybridized carbons (Fsp3) is 0.533. The van der Waals surface area contributed by atoms with Gasteiger partial charge in [-0.2, -0.15) is 4.31 Å². The van der Waals surface area contributed by atoms with Crippen molar-refractivity contribution in [1.82, 2.24) is 4.31 Å². The van der Waals surface area contributed by atoms with Crippen LogP contribution in [0.2, 0.25) is 0 Å². The van der Waals surface area contributed by atoms with Crippen LogP contribution in [0.15, 0.2) is 29.2 Å². The van der Waals surface area contributed by atoms with E-state index >= 15 is 0 Å². The molecule has 0 aliphatic carbocycles. The van der Waals surface area contributed by atoms with E-state index < -0.39 is 10.0 Å². The van der Waals surface area contributed by atoms with Crippen molar-refractivity contribution in [3.8, 4) is 0 Å². The molecule has 1 aliphatic rings. The third-order valence-electron chi connectivity index (χ3n) is 3.84. The first-order valence-electron chi connectivity index (χ1n) is 7.06. The van der Waals surface area contributed by atoms with Crippen molar-refractivity contribution in [2.24, 2.45) is 5.92 Å². The molecule has 0 amide bonds. The molecule has 20 heavy (non-hydrogen) atoms. The number of sulfonamides is 1. The van der Waals surface area contributed by atoms with Crippen LogP contribution in [0.5, 0.6) is 0 Å². The summed E-state index contributed by atoms with van der Waals surface area (Å²) in [5.41, 5.74) is 0.536. The third kappa shape index (κ3) is 3.10. The molecular formula is C15H21NO3S. The Morgan fingerprint density at radius 3 is 2.50 bits per heavy atom. The number of carbonyl (C=O) groups excluding carboxylic acids is 1. The zero-order chi connectivity index (χ0) is 14.8. The minimum Gasteiger partial charge on any atom is -0.295 e. The van der Waals surface area contributed by atoms with Crippen LogP contribution in [0.4, 0.5) is 0 Å².